The van der Waals surface area contributed by atoms with Crippen LogP contribution in [-0.4, -0.2) is 36.9 Å². The Hall–Kier alpha value is -1.73. The maximum Gasteiger partial charge on any atom is 0.335 e. The molecule has 21 heavy (non-hydrogen) atoms. The molecule has 7 heteroatoms. The molecule has 1 rings (SSSR count). The molecule has 5 nitrogen and oxygen atoms in total. The van der Waals surface area contributed by atoms with E-state index in [0.29, 0.717) is 6.42 Å². The second-order valence-corrected chi connectivity index (χ2v) is 6.44. The van der Waals surface area contributed by atoms with Crippen LogP contribution in [0.15, 0.2) is 29.7 Å². The van der Waals surface area contributed by atoms with E-state index in [0.717, 1.165) is 16.4 Å². The smallest absolute Gasteiger partial charge is 0.335 e. The average Bonchev–Trinajstić information content (AvgIpc) is 2.40. The van der Waals surface area contributed by atoms with Gasteiger partial charge in [-0.2, -0.15) is 4.31 Å². The van der Waals surface area contributed by atoms with Gasteiger partial charge in [-0.15, -0.1) is 6.58 Å². The Morgan fingerprint density at radius 1 is 1.48 bits per heavy atom. The molecule has 0 saturated heterocycles. The van der Waals surface area contributed by atoms with Crippen LogP contribution in [0.2, 0.25) is 0 Å². The standard InChI is InChI=1S/C14H18FNO4S/c1-4-6-16(7-5-2)21(19,20)13-9-11(14(17)18)8-12(15)10(13)3/h4,8-9H,1,5-7H2,2-3H3,(H,17,18). The molecule has 0 aliphatic heterocycles. The van der Waals surface area contributed by atoms with Crippen LogP contribution >= 0.6 is 0 Å². The summed E-state index contributed by atoms with van der Waals surface area (Å²) in [4.78, 5) is 10.6. The summed E-state index contributed by atoms with van der Waals surface area (Å²) in [6, 6.07) is 1.80. The minimum absolute atomic E-state index is 0.0779. The molecule has 0 amide bonds. The van der Waals surface area contributed by atoms with E-state index < -0.39 is 27.4 Å². The van der Waals surface area contributed by atoms with Gasteiger partial charge in [0.15, 0.2) is 0 Å². The summed E-state index contributed by atoms with van der Waals surface area (Å²) in [7, 11) is -3.98. The molecule has 0 aromatic heterocycles. The number of halogens is 1. The van der Waals surface area contributed by atoms with Gasteiger partial charge in [0, 0.05) is 18.7 Å². The maximum atomic E-state index is 13.8. The van der Waals surface area contributed by atoms with E-state index in [1.165, 1.54) is 13.0 Å². The minimum Gasteiger partial charge on any atom is -0.478 e. The molecular formula is C14H18FNO4S. The molecule has 1 N–H and O–H groups in total. The number of carbonyl (C=O) groups is 1. The normalized spacial score (nSPS) is 11.6. The Labute approximate surface area is 123 Å². The van der Waals surface area contributed by atoms with Gasteiger partial charge in [-0.05, 0) is 25.5 Å². The van der Waals surface area contributed by atoms with Crippen molar-refractivity contribution in [3.8, 4) is 0 Å². The molecular weight excluding hydrogens is 297 g/mol. The van der Waals surface area contributed by atoms with Gasteiger partial charge in [0.2, 0.25) is 10.0 Å². The summed E-state index contributed by atoms with van der Waals surface area (Å²) in [5, 5.41) is 8.94. The van der Waals surface area contributed by atoms with Crippen LogP contribution < -0.4 is 0 Å². The fourth-order valence-electron chi connectivity index (χ4n) is 1.89. The lowest BCUT2D eigenvalue weighted by Gasteiger charge is -2.21. The van der Waals surface area contributed by atoms with Gasteiger partial charge in [-0.25, -0.2) is 17.6 Å². The van der Waals surface area contributed by atoms with Crippen molar-refractivity contribution in [2.24, 2.45) is 0 Å². The molecule has 0 unspecified atom stereocenters. The molecule has 0 saturated carbocycles. The lowest BCUT2D eigenvalue weighted by Crippen LogP contribution is -2.32. The van der Waals surface area contributed by atoms with Crippen LogP contribution in [0.4, 0.5) is 4.39 Å². The summed E-state index contributed by atoms with van der Waals surface area (Å²) in [6.07, 6.45) is 2.01. The SMILES string of the molecule is C=CCN(CCC)S(=O)(=O)c1cc(C(=O)O)cc(F)c1C. The fraction of sp³-hybridized carbons (Fsp3) is 0.357. The minimum atomic E-state index is -3.98. The third-order valence-corrected chi connectivity index (χ3v) is 4.96. The third-order valence-electron chi connectivity index (χ3n) is 2.97. The Morgan fingerprint density at radius 2 is 2.10 bits per heavy atom. The van der Waals surface area contributed by atoms with Crippen molar-refractivity contribution >= 4 is 16.0 Å². The maximum absolute atomic E-state index is 13.8. The fourth-order valence-corrected chi connectivity index (χ4v) is 3.65. The van der Waals surface area contributed by atoms with E-state index in [-0.39, 0.29) is 23.5 Å². The summed E-state index contributed by atoms with van der Waals surface area (Å²) >= 11 is 0. The Morgan fingerprint density at radius 3 is 2.57 bits per heavy atom. The predicted octanol–water partition coefficient (Wildman–Crippen LogP) is 2.42. The predicted molar refractivity (Wildman–Crippen MR) is 77.3 cm³/mol. The van der Waals surface area contributed by atoms with Crippen LogP contribution in [-0.2, 0) is 10.0 Å². The third kappa shape index (κ3) is 3.68. The first-order valence-corrected chi connectivity index (χ1v) is 7.84. The molecule has 0 atom stereocenters. The molecule has 0 bridgehead atoms. The number of carboxylic acid groups (broad SMARTS) is 1. The summed E-state index contributed by atoms with van der Waals surface area (Å²) < 4.78 is 40.1. The van der Waals surface area contributed by atoms with Crippen molar-refractivity contribution < 1.29 is 22.7 Å². The van der Waals surface area contributed by atoms with Crippen molar-refractivity contribution in [1.29, 1.82) is 0 Å². The van der Waals surface area contributed by atoms with E-state index in [1.54, 1.807) is 0 Å². The number of hydrogen-bond donors (Lipinski definition) is 1. The van der Waals surface area contributed by atoms with Crippen molar-refractivity contribution in [3.63, 3.8) is 0 Å². The zero-order chi connectivity index (χ0) is 16.2. The number of aromatic carboxylic acids is 1. The molecule has 1 aromatic rings. The topological polar surface area (TPSA) is 74.7 Å². The van der Waals surface area contributed by atoms with E-state index in [1.807, 2.05) is 6.92 Å². The zero-order valence-electron chi connectivity index (χ0n) is 12.0. The lowest BCUT2D eigenvalue weighted by molar-refractivity contribution is 0.0696. The van der Waals surface area contributed by atoms with E-state index in [2.05, 4.69) is 6.58 Å². The van der Waals surface area contributed by atoms with Crippen LogP contribution in [0.3, 0.4) is 0 Å². The Kier molecular flexibility index (Phi) is 5.62. The second-order valence-electron chi connectivity index (χ2n) is 4.54. The summed E-state index contributed by atoms with van der Waals surface area (Å²) in [5.74, 6) is -2.24. The van der Waals surface area contributed by atoms with Gasteiger partial charge in [0.05, 0.1) is 10.5 Å². The van der Waals surface area contributed by atoms with Crippen LogP contribution in [0.5, 0.6) is 0 Å². The molecule has 0 spiro atoms. The molecule has 0 radical (unpaired) electrons. The van der Waals surface area contributed by atoms with Crippen molar-refractivity contribution in [2.75, 3.05) is 13.1 Å². The number of hydrogen-bond acceptors (Lipinski definition) is 3. The van der Waals surface area contributed by atoms with Gasteiger partial charge in [-0.3, -0.25) is 0 Å². The van der Waals surface area contributed by atoms with E-state index >= 15 is 0 Å². The highest BCUT2D eigenvalue weighted by molar-refractivity contribution is 7.89. The van der Waals surface area contributed by atoms with Gasteiger partial charge < -0.3 is 5.11 Å². The van der Waals surface area contributed by atoms with Crippen molar-refractivity contribution in [3.05, 3.63) is 41.7 Å². The van der Waals surface area contributed by atoms with Crippen LogP contribution in [0, 0.1) is 12.7 Å². The average molecular weight is 315 g/mol. The second kappa shape index (κ2) is 6.82. The number of benzene rings is 1. The quantitative estimate of drug-likeness (QED) is 0.784. The van der Waals surface area contributed by atoms with Crippen molar-refractivity contribution in [1.82, 2.24) is 4.31 Å². The van der Waals surface area contributed by atoms with E-state index in [9.17, 15) is 17.6 Å². The number of nitrogens with zero attached hydrogens (tertiary/aromatic N) is 1. The molecule has 1 aromatic carbocycles. The molecule has 0 heterocycles. The molecule has 0 aliphatic carbocycles. The largest absolute Gasteiger partial charge is 0.478 e. The van der Waals surface area contributed by atoms with Gasteiger partial charge in [0.1, 0.15) is 5.82 Å². The van der Waals surface area contributed by atoms with Crippen molar-refractivity contribution in [2.45, 2.75) is 25.2 Å². The Balaban J connectivity index is 3.48. The highest BCUT2D eigenvalue weighted by Gasteiger charge is 2.27. The first-order valence-electron chi connectivity index (χ1n) is 6.40. The Bertz CT molecular complexity index is 655. The highest BCUT2D eigenvalue weighted by atomic mass is 32.2. The molecule has 116 valence electrons. The molecule has 0 aliphatic rings. The first-order chi connectivity index (χ1) is 9.75. The number of rotatable bonds is 7. The lowest BCUT2D eigenvalue weighted by atomic mass is 10.1. The molecule has 0 fully saturated rings. The van der Waals surface area contributed by atoms with E-state index in [4.69, 9.17) is 5.11 Å². The van der Waals surface area contributed by atoms with Crippen LogP contribution in [0.1, 0.15) is 29.3 Å². The number of carboxylic acids is 1. The summed E-state index contributed by atoms with van der Waals surface area (Å²) in [5.41, 5.74) is -0.489. The highest BCUT2D eigenvalue weighted by Crippen LogP contribution is 2.24. The first kappa shape index (κ1) is 17.3. The zero-order valence-corrected chi connectivity index (χ0v) is 12.8. The monoisotopic (exact) mass is 315 g/mol. The van der Waals surface area contributed by atoms with Crippen LogP contribution in [0.25, 0.3) is 0 Å². The van der Waals surface area contributed by atoms with Gasteiger partial charge in [0.25, 0.3) is 0 Å². The van der Waals surface area contributed by atoms with Gasteiger partial charge >= 0.3 is 5.97 Å². The van der Waals surface area contributed by atoms with Gasteiger partial charge in [-0.1, -0.05) is 13.0 Å². The number of sulfonamides is 1. The summed E-state index contributed by atoms with van der Waals surface area (Å²) in [6.45, 7) is 6.95.